The molecular weight excluding hydrogens is 497 g/mol. The molecule has 2 aromatic carbocycles. The van der Waals surface area contributed by atoms with Gasteiger partial charge < -0.3 is 35.0 Å². The molecule has 0 bridgehead atoms. The summed E-state index contributed by atoms with van der Waals surface area (Å²) in [6.07, 6.45) is -7.86. The number of likely N-dealkylation sites (N-methyl/N-ethyl adjacent to an activating group) is 1. The van der Waals surface area contributed by atoms with E-state index in [1.54, 1.807) is 4.90 Å². The highest BCUT2D eigenvalue weighted by Crippen LogP contribution is 2.49. The number of β-amino-alcohol motifs (C(OH)–C–C–N with tert-alkyl or cyclic N) is 1. The van der Waals surface area contributed by atoms with Crippen LogP contribution in [0.5, 0.6) is 0 Å². The van der Waals surface area contributed by atoms with E-state index >= 15 is 0 Å². The molecular formula is C25H31F3N2O5S. The summed E-state index contributed by atoms with van der Waals surface area (Å²) >= 11 is 1.40. The second kappa shape index (κ2) is 11.3. The van der Waals surface area contributed by atoms with Crippen LogP contribution in [0, 0.1) is 0 Å². The highest BCUT2D eigenvalue weighted by atomic mass is 32.2. The van der Waals surface area contributed by atoms with Crippen molar-refractivity contribution in [1.29, 1.82) is 0 Å². The lowest BCUT2D eigenvalue weighted by molar-refractivity contribution is -0.181. The van der Waals surface area contributed by atoms with Gasteiger partial charge in [-0.05, 0) is 43.8 Å². The van der Waals surface area contributed by atoms with E-state index in [1.807, 2.05) is 36.2 Å². The summed E-state index contributed by atoms with van der Waals surface area (Å²) in [6.45, 7) is 0.495. The van der Waals surface area contributed by atoms with Crippen molar-refractivity contribution in [3.05, 3.63) is 48.0 Å². The summed E-state index contributed by atoms with van der Waals surface area (Å²) in [6, 6.07) is 11.1. The third kappa shape index (κ3) is 6.16. The molecule has 5 atom stereocenters. The standard InChI is InChI=1S/C25H31F3N2O5S/c1-29(9-8-17-11-20(33)24(34)21(14-31)35-17)12-16(32)13-30-18-4-2-3-5-22(18)36-23-7-6-15(10-19(23)30)25(26,27)28/h2-7,10,16-17,20-21,24,31-34H,8-9,11-14H2,1H3/t16?,17-,20?,21?,24+/m1/s1. The van der Waals surface area contributed by atoms with Gasteiger partial charge in [-0.1, -0.05) is 23.9 Å². The van der Waals surface area contributed by atoms with Gasteiger partial charge in [0.1, 0.15) is 12.2 Å². The van der Waals surface area contributed by atoms with E-state index in [1.165, 1.54) is 17.8 Å². The number of alkyl halides is 3. The molecule has 0 saturated carbocycles. The molecule has 0 spiro atoms. The van der Waals surface area contributed by atoms with Crippen molar-refractivity contribution in [2.75, 3.05) is 38.2 Å². The summed E-state index contributed by atoms with van der Waals surface area (Å²) in [7, 11) is 1.82. The zero-order valence-corrected chi connectivity index (χ0v) is 20.6. The third-order valence-electron chi connectivity index (χ3n) is 6.53. The average molecular weight is 529 g/mol. The van der Waals surface area contributed by atoms with Gasteiger partial charge in [-0.3, -0.25) is 0 Å². The first kappa shape index (κ1) is 27.2. The molecule has 1 fully saturated rings. The molecule has 0 amide bonds. The van der Waals surface area contributed by atoms with E-state index in [2.05, 4.69) is 0 Å². The number of rotatable bonds is 8. The van der Waals surface area contributed by atoms with Crippen LogP contribution in [-0.4, -0.2) is 89.1 Å². The summed E-state index contributed by atoms with van der Waals surface area (Å²) in [5, 5.41) is 40.1. The number of aliphatic hydroxyl groups excluding tert-OH is 4. The molecule has 0 aromatic heterocycles. The molecule has 2 aromatic rings. The predicted octanol–water partition coefficient (Wildman–Crippen LogP) is 2.86. The Balaban J connectivity index is 1.42. The van der Waals surface area contributed by atoms with Gasteiger partial charge in [0.15, 0.2) is 0 Å². The van der Waals surface area contributed by atoms with E-state index in [4.69, 9.17) is 4.74 Å². The van der Waals surface area contributed by atoms with Crippen LogP contribution < -0.4 is 4.90 Å². The second-order valence-corrected chi connectivity index (χ2v) is 10.4. The van der Waals surface area contributed by atoms with Gasteiger partial charge in [-0.2, -0.15) is 13.2 Å². The molecule has 1 saturated heterocycles. The Morgan fingerprint density at radius 1 is 1.14 bits per heavy atom. The SMILES string of the molecule is CN(CC[C@@H]1CC(O)[C@H](O)C(CO)O1)CC(O)CN1c2ccccc2Sc2ccc(C(F)(F)F)cc21. The zero-order chi connectivity index (χ0) is 26.0. The van der Waals surface area contributed by atoms with E-state index in [0.717, 1.165) is 22.7 Å². The van der Waals surface area contributed by atoms with Crippen LogP contribution in [0.3, 0.4) is 0 Å². The van der Waals surface area contributed by atoms with Crippen molar-refractivity contribution in [1.82, 2.24) is 4.90 Å². The van der Waals surface area contributed by atoms with Gasteiger partial charge in [-0.15, -0.1) is 0 Å². The van der Waals surface area contributed by atoms with E-state index in [0.29, 0.717) is 23.5 Å². The molecule has 4 rings (SSSR count). The molecule has 36 heavy (non-hydrogen) atoms. The third-order valence-corrected chi connectivity index (χ3v) is 7.66. The number of hydrogen-bond donors (Lipinski definition) is 4. The summed E-state index contributed by atoms with van der Waals surface area (Å²) in [4.78, 5) is 5.22. The summed E-state index contributed by atoms with van der Waals surface area (Å²) < 4.78 is 45.9. The molecule has 7 nitrogen and oxygen atoms in total. The number of ether oxygens (including phenoxy) is 1. The first-order chi connectivity index (χ1) is 17.1. The molecule has 2 aliphatic rings. The molecule has 4 N–H and O–H groups in total. The maximum Gasteiger partial charge on any atom is 0.416 e. The lowest BCUT2D eigenvalue weighted by atomic mass is 9.96. The molecule has 2 aliphatic heterocycles. The molecule has 11 heteroatoms. The Labute approximate surface area is 212 Å². The minimum Gasteiger partial charge on any atom is -0.394 e. The number of anilines is 2. The number of para-hydroxylation sites is 1. The lowest BCUT2D eigenvalue weighted by Crippen LogP contribution is -2.50. The van der Waals surface area contributed by atoms with Crippen molar-refractivity contribution in [2.24, 2.45) is 0 Å². The van der Waals surface area contributed by atoms with Crippen molar-refractivity contribution in [3.63, 3.8) is 0 Å². The van der Waals surface area contributed by atoms with Gasteiger partial charge in [0.25, 0.3) is 0 Å². The van der Waals surface area contributed by atoms with Gasteiger partial charge in [0, 0.05) is 29.3 Å². The highest BCUT2D eigenvalue weighted by Gasteiger charge is 2.36. The maximum absolute atomic E-state index is 13.4. The van der Waals surface area contributed by atoms with Crippen LogP contribution in [0.2, 0.25) is 0 Å². The van der Waals surface area contributed by atoms with Gasteiger partial charge >= 0.3 is 6.18 Å². The minimum absolute atomic E-state index is 0.105. The monoisotopic (exact) mass is 528 g/mol. The predicted molar refractivity (Wildman–Crippen MR) is 130 cm³/mol. The van der Waals surface area contributed by atoms with Crippen molar-refractivity contribution in [3.8, 4) is 0 Å². The van der Waals surface area contributed by atoms with Crippen LogP contribution in [0.4, 0.5) is 24.5 Å². The molecule has 198 valence electrons. The van der Waals surface area contributed by atoms with Crippen LogP contribution in [0.25, 0.3) is 0 Å². The molecule has 3 unspecified atom stereocenters. The second-order valence-electron chi connectivity index (χ2n) is 9.34. The number of hydrogen-bond acceptors (Lipinski definition) is 8. The molecule has 0 aliphatic carbocycles. The molecule has 0 radical (unpaired) electrons. The van der Waals surface area contributed by atoms with Crippen LogP contribution in [0.15, 0.2) is 52.3 Å². The van der Waals surface area contributed by atoms with Gasteiger partial charge in [-0.25, -0.2) is 0 Å². The van der Waals surface area contributed by atoms with Crippen LogP contribution >= 0.6 is 11.8 Å². The number of halogens is 3. The molecule has 2 heterocycles. The van der Waals surface area contributed by atoms with Crippen molar-refractivity contribution < 1.29 is 38.3 Å². The quantitative estimate of drug-likeness (QED) is 0.416. The number of nitrogens with zero attached hydrogens (tertiary/aromatic N) is 2. The number of benzene rings is 2. The first-order valence-corrected chi connectivity index (χ1v) is 12.6. The smallest absolute Gasteiger partial charge is 0.394 e. The van der Waals surface area contributed by atoms with Crippen LogP contribution in [0.1, 0.15) is 18.4 Å². The Morgan fingerprint density at radius 2 is 1.86 bits per heavy atom. The number of fused-ring (bicyclic) bond motifs is 2. The zero-order valence-electron chi connectivity index (χ0n) is 19.8. The Hall–Kier alpha value is -1.86. The fourth-order valence-corrected chi connectivity index (χ4v) is 5.74. The van der Waals surface area contributed by atoms with E-state index in [-0.39, 0.29) is 25.6 Å². The fraction of sp³-hybridized carbons (Fsp3) is 0.520. The topological polar surface area (TPSA) is 96.6 Å². The number of aliphatic hydroxyl groups is 4. The Kier molecular flexibility index (Phi) is 8.50. The van der Waals surface area contributed by atoms with Gasteiger partial charge in [0.05, 0.1) is 48.4 Å². The van der Waals surface area contributed by atoms with Gasteiger partial charge in [0.2, 0.25) is 0 Å². The van der Waals surface area contributed by atoms with E-state index in [9.17, 15) is 33.6 Å². The Morgan fingerprint density at radius 3 is 2.58 bits per heavy atom. The van der Waals surface area contributed by atoms with Crippen LogP contribution in [-0.2, 0) is 10.9 Å². The Bertz CT molecular complexity index is 1040. The first-order valence-electron chi connectivity index (χ1n) is 11.8. The minimum atomic E-state index is -4.47. The normalized spacial score (nSPS) is 25.0. The summed E-state index contributed by atoms with van der Waals surface area (Å²) in [5.41, 5.74) is 0.418. The average Bonchev–Trinajstić information content (AvgIpc) is 2.83. The van der Waals surface area contributed by atoms with E-state index < -0.39 is 42.8 Å². The van der Waals surface area contributed by atoms with Crippen molar-refractivity contribution >= 4 is 23.1 Å². The highest BCUT2D eigenvalue weighted by molar-refractivity contribution is 7.99. The maximum atomic E-state index is 13.4. The largest absolute Gasteiger partial charge is 0.416 e. The van der Waals surface area contributed by atoms with Crippen molar-refractivity contribution in [2.45, 2.75) is 59.3 Å². The fourth-order valence-electron chi connectivity index (χ4n) is 4.66. The summed E-state index contributed by atoms with van der Waals surface area (Å²) in [5.74, 6) is 0. The lowest BCUT2D eigenvalue weighted by Gasteiger charge is -2.37.